The van der Waals surface area contributed by atoms with E-state index in [9.17, 15) is 0 Å². The highest BCUT2D eigenvalue weighted by atomic mass is 79.9. The van der Waals surface area contributed by atoms with E-state index in [2.05, 4.69) is 33.2 Å². The lowest BCUT2D eigenvalue weighted by molar-refractivity contribution is -0.221. The molecule has 0 fully saturated rings. The highest BCUT2D eigenvalue weighted by Crippen LogP contribution is 2.35. The molecule has 1 aromatic rings. The van der Waals surface area contributed by atoms with Gasteiger partial charge in [0.2, 0.25) is 5.79 Å². The predicted molar refractivity (Wildman–Crippen MR) is 78.1 cm³/mol. The lowest BCUT2D eigenvalue weighted by Gasteiger charge is -2.34. The number of oxime groups is 1. The van der Waals surface area contributed by atoms with Gasteiger partial charge in [-0.1, -0.05) is 33.2 Å². The Labute approximate surface area is 121 Å². The summed E-state index contributed by atoms with van der Waals surface area (Å²) in [6.07, 6.45) is 0.736. The van der Waals surface area contributed by atoms with Gasteiger partial charge < -0.3 is 14.3 Å². The Morgan fingerprint density at radius 1 is 1.37 bits per heavy atom. The van der Waals surface area contributed by atoms with E-state index < -0.39 is 5.79 Å². The molecule has 0 saturated heterocycles. The lowest BCUT2D eigenvalue weighted by Crippen LogP contribution is -2.38. The maximum Gasteiger partial charge on any atom is 0.234 e. The number of rotatable bonds is 4. The van der Waals surface area contributed by atoms with Crippen LogP contribution < -0.4 is 4.74 Å². The van der Waals surface area contributed by atoms with Crippen LogP contribution in [0.1, 0.15) is 24.8 Å². The summed E-state index contributed by atoms with van der Waals surface area (Å²) in [6.45, 7) is 1.90. The molecule has 0 spiro atoms. The molecule has 0 aliphatic carbocycles. The molecule has 1 aromatic carbocycles. The number of alkyl halides is 1. The first kappa shape index (κ1) is 14.3. The van der Waals surface area contributed by atoms with Gasteiger partial charge in [-0.2, -0.15) is 0 Å². The van der Waals surface area contributed by atoms with Crippen LogP contribution in [0.2, 0.25) is 0 Å². The third-order valence-electron chi connectivity index (χ3n) is 3.42. The Balaban J connectivity index is 2.28. The molecule has 0 unspecified atom stereocenters. The standard InChI is InChI=1S/C14H18BrNO3/c1-14(18-3)8-12(13(9-15)16-19-14)10-4-6-11(17-2)7-5-10/h4-7,12H,8-9H2,1-3H3/t12-,14-/m1/s1. The molecule has 5 heteroatoms. The van der Waals surface area contributed by atoms with Crippen molar-refractivity contribution >= 4 is 21.6 Å². The molecule has 0 aromatic heterocycles. The van der Waals surface area contributed by atoms with Gasteiger partial charge in [-0.25, -0.2) is 0 Å². The molecule has 0 radical (unpaired) electrons. The fraction of sp³-hybridized carbons (Fsp3) is 0.500. The average molecular weight is 328 g/mol. The molecule has 0 amide bonds. The van der Waals surface area contributed by atoms with Crippen molar-refractivity contribution < 1.29 is 14.3 Å². The Kier molecular flexibility index (Phi) is 4.47. The normalized spacial score (nSPS) is 26.5. The summed E-state index contributed by atoms with van der Waals surface area (Å²) in [5.74, 6) is 0.364. The maximum atomic E-state index is 5.43. The summed E-state index contributed by atoms with van der Waals surface area (Å²) < 4.78 is 10.6. The van der Waals surface area contributed by atoms with Crippen LogP contribution in [-0.2, 0) is 9.57 Å². The van der Waals surface area contributed by atoms with Crippen LogP contribution in [0.3, 0.4) is 0 Å². The minimum Gasteiger partial charge on any atom is -0.497 e. The zero-order valence-corrected chi connectivity index (χ0v) is 12.9. The topological polar surface area (TPSA) is 40.0 Å². The van der Waals surface area contributed by atoms with Gasteiger partial charge in [0.1, 0.15) is 5.75 Å². The predicted octanol–water partition coefficient (Wildman–Crippen LogP) is 3.31. The molecule has 2 atom stereocenters. The van der Waals surface area contributed by atoms with Crippen molar-refractivity contribution in [3.05, 3.63) is 29.8 Å². The van der Waals surface area contributed by atoms with E-state index in [1.807, 2.05) is 19.1 Å². The minimum absolute atomic E-state index is 0.184. The van der Waals surface area contributed by atoms with Crippen LogP contribution in [0.4, 0.5) is 0 Å². The van der Waals surface area contributed by atoms with Gasteiger partial charge in [-0.3, -0.25) is 0 Å². The summed E-state index contributed by atoms with van der Waals surface area (Å²) in [5.41, 5.74) is 2.16. The molecule has 0 saturated carbocycles. The van der Waals surface area contributed by atoms with Crippen molar-refractivity contribution in [3.8, 4) is 5.75 Å². The molecule has 1 heterocycles. The summed E-state index contributed by atoms with van der Waals surface area (Å²) in [5, 5.41) is 4.87. The highest BCUT2D eigenvalue weighted by Gasteiger charge is 2.37. The summed E-state index contributed by atoms with van der Waals surface area (Å²) >= 11 is 3.46. The summed E-state index contributed by atoms with van der Waals surface area (Å²) in [7, 11) is 3.30. The molecule has 0 N–H and O–H groups in total. The van der Waals surface area contributed by atoms with Gasteiger partial charge in [0, 0.05) is 31.7 Å². The molecule has 104 valence electrons. The fourth-order valence-corrected chi connectivity index (χ4v) is 2.62. The second kappa shape index (κ2) is 5.92. The number of methoxy groups -OCH3 is 2. The van der Waals surface area contributed by atoms with Crippen LogP contribution in [0.5, 0.6) is 5.75 Å². The first-order chi connectivity index (χ1) is 9.11. The van der Waals surface area contributed by atoms with Crippen LogP contribution in [0.15, 0.2) is 29.4 Å². The maximum absolute atomic E-state index is 5.43. The smallest absolute Gasteiger partial charge is 0.234 e. The van der Waals surface area contributed by atoms with Crippen molar-refractivity contribution in [2.24, 2.45) is 5.16 Å². The van der Waals surface area contributed by atoms with E-state index in [4.69, 9.17) is 14.3 Å². The largest absolute Gasteiger partial charge is 0.497 e. The van der Waals surface area contributed by atoms with E-state index >= 15 is 0 Å². The minimum atomic E-state index is -0.670. The molecule has 4 nitrogen and oxygen atoms in total. The van der Waals surface area contributed by atoms with Gasteiger partial charge in [0.05, 0.1) is 12.8 Å². The van der Waals surface area contributed by atoms with E-state index in [0.29, 0.717) is 5.33 Å². The van der Waals surface area contributed by atoms with Crippen LogP contribution in [0, 0.1) is 0 Å². The summed E-state index contributed by atoms with van der Waals surface area (Å²) in [4.78, 5) is 5.43. The molecule has 19 heavy (non-hydrogen) atoms. The Bertz CT molecular complexity index is 460. The van der Waals surface area contributed by atoms with E-state index in [1.165, 1.54) is 5.56 Å². The molecule has 1 aliphatic heterocycles. The molecule has 0 bridgehead atoms. The van der Waals surface area contributed by atoms with Gasteiger partial charge in [-0.15, -0.1) is 0 Å². The van der Waals surface area contributed by atoms with Crippen LogP contribution in [-0.4, -0.2) is 31.0 Å². The number of hydrogen-bond donors (Lipinski definition) is 0. The SMILES string of the molecule is COc1ccc([C@H]2C[C@](C)(OC)ON=C2CBr)cc1. The van der Waals surface area contributed by atoms with E-state index in [-0.39, 0.29) is 5.92 Å². The van der Waals surface area contributed by atoms with Crippen molar-refractivity contribution in [1.82, 2.24) is 0 Å². The van der Waals surface area contributed by atoms with Gasteiger partial charge in [-0.05, 0) is 17.7 Å². The number of benzene rings is 1. The highest BCUT2D eigenvalue weighted by molar-refractivity contribution is 9.09. The molecular weight excluding hydrogens is 310 g/mol. The van der Waals surface area contributed by atoms with Crippen molar-refractivity contribution in [2.45, 2.75) is 25.0 Å². The third kappa shape index (κ3) is 3.09. The Morgan fingerprint density at radius 2 is 2.05 bits per heavy atom. The Hall–Kier alpha value is -1.07. The lowest BCUT2D eigenvalue weighted by atomic mass is 9.87. The molecule has 1 aliphatic rings. The van der Waals surface area contributed by atoms with Crippen molar-refractivity contribution in [2.75, 3.05) is 19.5 Å². The third-order valence-corrected chi connectivity index (χ3v) is 3.99. The van der Waals surface area contributed by atoms with Crippen LogP contribution >= 0.6 is 15.9 Å². The van der Waals surface area contributed by atoms with Crippen molar-refractivity contribution in [1.29, 1.82) is 0 Å². The molecule has 2 rings (SSSR count). The quantitative estimate of drug-likeness (QED) is 0.796. The van der Waals surface area contributed by atoms with Gasteiger partial charge >= 0.3 is 0 Å². The van der Waals surface area contributed by atoms with Gasteiger partial charge in [0.15, 0.2) is 0 Å². The second-order valence-electron chi connectivity index (χ2n) is 4.68. The van der Waals surface area contributed by atoms with Gasteiger partial charge in [0.25, 0.3) is 0 Å². The monoisotopic (exact) mass is 327 g/mol. The fourth-order valence-electron chi connectivity index (χ4n) is 2.13. The van der Waals surface area contributed by atoms with E-state index in [0.717, 1.165) is 17.9 Å². The first-order valence-corrected chi connectivity index (χ1v) is 7.24. The number of nitrogens with zero attached hydrogens (tertiary/aromatic N) is 1. The van der Waals surface area contributed by atoms with E-state index in [1.54, 1.807) is 14.2 Å². The van der Waals surface area contributed by atoms with Crippen molar-refractivity contribution in [3.63, 3.8) is 0 Å². The zero-order valence-electron chi connectivity index (χ0n) is 11.4. The first-order valence-electron chi connectivity index (χ1n) is 6.12. The molecular formula is C14H18BrNO3. The average Bonchev–Trinajstić information content (AvgIpc) is 2.47. The Morgan fingerprint density at radius 3 is 2.58 bits per heavy atom. The summed E-state index contributed by atoms with van der Waals surface area (Å²) in [6, 6.07) is 8.04. The number of ether oxygens (including phenoxy) is 2. The zero-order chi connectivity index (χ0) is 13.9. The van der Waals surface area contributed by atoms with Crippen LogP contribution in [0.25, 0.3) is 0 Å². The number of hydrogen-bond acceptors (Lipinski definition) is 4. The number of halogens is 1. The second-order valence-corrected chi connectivity index (χ2v) is 5.24.